The molecule has 49 heavy (non-hydrogen) atoms. The number of unbranched alkanes of at least 4 members (excludes halogenated alkanes) is 2. The summed E-state index contributed by atoms with van der Waals surface area (Å²) in [5.74, 6) is -1.49. The van der Waals surface area contributed by atoms with E-state index >= 15 is 0 Å². The standard InChI is InChI=1S/C25H32BClF3N3O6.C8H16O2/c1-22(2,3)37-21(34)33-13-8-9-14(33)12-32(11-13)20-31-17-18(35-20)15(10-16(27)19(17)36-25(28,29)30)26-38-23(4,5)24(6,7)39-26;1-3-4-5-6-7(2)8(9)10/h10,13-14H,8-9,11-12H2,1-7H3;7H,3-6H2,1-2H3,(H,9,10). The lowest BCUT2D eigenvalue weighted by molar-refractivity contribution is -0.274. The number of alkyl halides is 3. The maximum absolute atomic E-state index is 13.3. The van der Waals surface area contributed by atoms with Crippen LogP contribution in [0.4, 0.5) is 24.0 Å². The highest BCUT2D eigenvalue weighted by molar-refractivity contribution is 6.65. The van der Waals surface area contributed by atoms with Gasteiger partial charge in [0.05, 0.1) is 34.2 Å². The van der Waals surface area contributed by atoms with Gasteiger partial charge in [0.25, 0.3) is 6.01 Å². The summed E-state index contributed by atoms with van der Waals surface area (Å²) in [4.78, 5) is 31.1. The molecule has 3 unspecified atom stereocenters. The average molecular weight is 718 g/mol. The van der Waals surface area contributed by atoms with Crippen LogP contribution in [0.25, 0.3) is 11.1 Å². The molecule has 3 aliphatic heterocycles. The van der Waals surface area contributed by atoms with E-state index in [9.17, 15) is 22.8 Å². The topological polar surface area (TPSA) is 124 Å². The van der Waals surface area contributed by atoms with Crippen molar-refractivity contribution < 1.29 is 51.1 Å². The highest BCUT2D eigenvalue weighted by Crippen LogP contribution is 2.42. The molecule has 4 heterocycles. The van der Waals surface area contributed by atoms with E-state index in [1.807, 2.05) is 53.4 Å². The Labute approximate surface area is 290 Å². The minimum atomic E-state index is -5.00. The number of benzene rings is 1. The second-order valence-electron chi connectivity index (χ2n) is 15.0. The van der Waals surface area contributed by atoms with Gasteiger partial charge in [-0.1, -0.05) is 44.7 Å². The third kappa shape index (κ3) is 9.07. The van der Waals surface area contributed by atoms with Crippen molar-refractivity contribution in [1.29, 1.82) is 0 Å². The van der Waals surface area contributed by atoms with Gasteiger partial charge in [-0.15, -0.1) is 13.2 Å². The Kier molecular flexibility index (Phi) is 11.4. The number of hydrogen-bond donors (Lipinski definition) is 1. The SMILES string of the molecule is CC(C)(C)OC(=O)N1C2CCC1CN(c1nc3c(OC(F)(F)F)c(Cl)cc(B4OC(C)(C)C(C)(C)O4)c3o1)C2.CCCCCC(C)C(=O)O. The number of carbonyl (C=O) groups is 2. The molecule has 5 rings (SSSR count). The van der Waals surface area contributed by atoms with Crippen molar-refractivity contribution in [2.45, 2.75) is 136 Å². The number of fused-ring (bicyclic) bond motifs is 3. The fourth-order valence-corrected chi connectivity index (χ4v) is 6.27. The average Bonchev–Trinajstić information content (AvgIpc) is 3.58. The molecule has 3 saturated heterocycles. The van der Waals surface area contributed by atoms with Crippen LogP contribution in [-0.4, -0.2) is 82.5 Å². The zero-order valence-corrected chi connectivity index (χ0v) is 30.5. The Morgan fingerprint density at radius 3 is 2.16 bits per heavy atom. The Balaban J connectivity index is 0.000000471. The number of halogens is 4. The van der Waals surface area contributed by atoms with Gasteiger partial charge in [-0.2, -0.15) is 4.98 Å². The van der Waals surface area contributed by atoms with Crippen LogP contribution in [0.3, 0.4) is 0 Å². The molecule has 1 aromatic heterocycles. The monoisotopic (exact) mass is 717 g/mol. The van der Waals surface area contributed by atoms with Crippen molar-refractivity contribution in [3.63, 3.8) is 0 Å². The number of ether oxygens (including phenoxy) is 2. The summed E-state index contributed by atoms with van der Waals surface area (Å²) in [6.07, 6.45) is 0.307. The van der Waals surface area contributed by atoms with Crippen LogP contribution < -0.4 is 15.1 Å². The van der Waals surface area contributed by atoms with Crippen LogP contribution in [0.1, 0.15) is 101 Å². The number of carboxylic acid groups (broad SMARTS) is 1. The molecule has 0 radical (unpaired) electrons. The zero-order valence-electron chi connectivity index (χ0n) is 29.7. The molecule has 3 atom stereocenters. The molecule has 1 N–H and O–H groups in total. The first-order valence-corrected chi connectivity index (χ1v) is 17.1. The van der Waals surface area contributed by atoms with Crippen LogP contribution in [0.15, 0.2) is 10.5 Å². The van der Waals surface area contributed by atoms with E-state index in [4.69, 9.17) is 35.2 Å². The second kappa shape index (κ2) is 14.4. The summed E-state index contributed by atoms with van der Waals surface area (Å²) >= 11 is 6.30. The van der Waals surface area contributed by atoms with E-state index in [0.29, 0.717) is 18.6 Å². The summed E-state index contributed by atoms with van der Waals surface area (Å²) in [6, 6.07) is 1.07. The van der Waals surface area contributed by atoms with E-state index in [2.05, 4.69) is 16.6 Å². The van der Waals surface area contributed by atoms with Gasteiger partial charge in [0.15, 0.2) is 16.8 Å². The molecule has 274 valence electrons. The van der Waals surface area contributed by atoms with Gasteiger partial charge in [-0.25, -0.2) is 4.79 Å². The summed E-state index contributed by atoms with van der Waals surface area (Å²) in [5.41, 5.74) is -1.92. The normalized spacial score (nSPS) is 22.2. The Hall–Kier alpha value is -2.91. The van der Waals surface area contributed by atoms with Crippen molar-refractivity contribution >= 4 is 53.4 Å². The number of carboxylic acids is 1. The third-order valence-electron chi connectivity index (χ3n) is 9.34. The highest BCUT2D eigenvalue weighted by Gasteiger charge is 2.53. The molecule has 11 nitrogen and oxygen atoms in total. The predicted octanol–water partition coefficient (Wildman–Crippen LogP) is 7.55. The molecule has 0 spiro atoms. The summed E-state index contributed by atoms with van der Waals surface area (Å²) in [7, 11) is -0.962. The van der Waals surface area contributed by atoms with Crippen LogP contribution in [0.5, 0.6) is 5.75 Å². The Morgan fingerprint density at radius 1 is 1.10 bits per heavy atom. The smallest absolute Gasteiger partial charge is 0.481 e. The third-order valence-corrected chi connectivity index (χ3v) is 9.62. The van der Waals surface area contributed by atoms with E-state index < -0.39 is 42.0 Å². The minimum absolute atomic E-state index is 0.0223. The highest BCUT2D eigenvalue weighted by atomic mass is 35.5. The van der Waals surface area contributed by atoms with E-state index in [-0.39, 0.29) is 46.2 Å². The molecule has 0 saturated carbocycles. The number of carbonyl (C=O) groups excluding carboxylic acids is 1. The number of nitrogens with zero attached hydrogens (tertiary/aromatic N) is 3. The maximum atomic E-state index is 13.3. The van der Waals surface area contributed by atoms with Crippen molar-refractivity contribution in [2.75, 3.05) is 18.0 Å². The first kappa shape index (κ1) is 38.9. The lowest BCUT2D eigenvalue weighted by Crippen LogP contribution is -2.56. The molecule has 3 aliphatic rings. The molecule has 0 aliphatic carbocycles. The van der Waals surface area contributed by atoms with Crippen molar-refractivity contribution in [3.8, 4) is 5.75 Å². The van der Waals surface area contributed by atoms with Crippen LogP contribution in [0.2, 0.25) is 5.02 Å². The Morgan fingerprint density at radius 2 is 1.67 bits per heavy atom. The fourth-order valence-electron chi connectivity index (χ4n) is 6.03. The molecule has 16 heteroatoms. The molecule has 1 amide bonds. The van der Waals surface area contributed by atoms with Gasteiger partial charge >= 0.3 is 25.5 Å². The molecule has 2 aromatic rings. The number of hydrogen-bond acceptors (Lipinski definition) is 9. The number of aromatic nitrogens is 1. The van der Waals surface area contributed by atoms with Crippen molar-refractivity contribution in [3.05, 3.63) is 11.1 Å². The largest absolute Gasteiger partial charge is 0.573 e. The quantitative estimate of drug-likeness (QED) is 0.216. The van der Waals surface area contributed by atoms with Gasteiger partial charge in [0, 0.05) is 18.6 Å². The summed E-state index contributed by atoms with van der Waals surface area (Å²) in [6.45, 7) is 17.5. The number of anilines is 1. The number of piperazine rings is 1. The molecule has 1 aromatic carbocycles. The van der Waals surface area contributed by atoms with Gasteiger partial charge in [-0.05, 0) is 73.8 Å². The fraction of sp³-hybridized carbons (Fsp3) is 0.727. The van der Waals surface area contributed by atoms with Crippen LogP contribution >= 0.6 is 11.6 Å². The van der Waals surface area contributed by atoms with Crippen LogP contribution in [-0.2, 0) is 18.8 Å². The van der Waals surface area contributed by atoms with Gasteiger partial charge < -0.3 is 33.2 Å². The first-order valence-electron chi connectivity index (χ1n) is 16.8. The summed E-state index contributed by atoms with van der Waals surface area (Å²) in [5, 5.41) is 8.18. The predicted molar refractivity (Wildman–Crippen MR) is 179 cm³/mol. The van der Waals surface area contributed by atoms with Gasteiger partial charge in [0.1, 0.15) is 5.60 Å². The van der Waals surface area contributed by atoms with E-state index in [1.54, 1.807) is 11.8 Å². The lowest BCUT2D eigenvalue weighted by atomic mass is 9.78. The van der Waals surface area contributed by atoms with E-state index in [1.165, 1.54) is 6.07 Å². The molecular formula is C33H48BClF3N3O8. The van der Waals surface area contributed by atoms with Crippen molar-refractivity contribution in [1.82, 2.24) is 9.88 Å². The first-order chi connectivity index (χ1) is 22.5. The molecule has 2 bridgehead atoms. The minimum Gasteiger partial charge on any atom is -0.481 e. The van der Waals surface area contributed by atoms with Gasteiger partial charge in [-0.3, -0.25) is 9.69 Å². The lowest BCUT2D eigenvalue weighted by Gasteiger charge is -2.40. The second-order valence-corrected chi connectivity index (χ2v) is 15.4. The summed E-state index contributed by atoms with van der Waals surface area (Å²) < 4.78 is 68.2. The number of aliphatic carboxylic acids is 1. The van der Waals surface area contributed by atoms with E-state index in [0.717, 1.165) is 38.5 Å². The number of oxazole rings is 1. The van der Waals surface area contributed by atoms with Gasteiger partial charge in [0.2, 0.25) is 0 Å². The number of rotatable bonds is 8. The number of amides is 1. The maximum Gasteiger partial charge on any atom is 0.573 e. The molecular weight excluding hydrogens is 670 g/mol. The molecule has 3 fully saturated rings. The zero-order chi connectivity index (χ0) is 36.7. The van der Waals surface area contributed by atoms with Crippen LogP contribution in [0, 0.1) is 5.92 Å². The van der Waals surface area contributed by atoms with Crippen molar-refractivity contribution in [2.24, 2.45) is 5.92 Å². The Bertz CT molecular complexity index is 1480.